The monoisotopic (exact) mass is 600 g/mol. The SMILES string of the molecule is NC1=N[C@@H](CCc2ccc(OC(F)(F)F)c(Cl)c2)CO1.NC1=N[C@@H](CCc2cccc(C(F)(F)F)c2Cl)CO1. The molecule has 4 rings (SSSR count). The van der Waals surface area contributed by atoms with Gasteiger partial charge in [-0.05, 0) is 55.0 Å². The summed E-state index contributed by atoms with van der Waals surface area (Å²) in [6.45, 7) is 0.789. The Hall–Kier alpha value is -3.06. The average molecular weight is 601 g/mol. The normalized spacial score (nSPS) is 18.9. The number of nitrogens with zero attached hydrogens (tertiary/aromatic N) is 2. The van der Waals surface area contributed by atoms with Crippen LogP contribution in [-0.4, -0.2) is 43.7 Å². The van der Waals surface area contributed by atoms with Crippen LogP contribution in [0.2, 0.25) is 10.0 Å². The van der Waals surface area contributed by atoms with Gasteiger partial charge in [0.05, 0.1) is 27.7 Å². The van der Waals surface area contributed by atoms with Crippen LogP contribution in [0.15, 0.2) is 46.4 Å². The third-order valence-corrected chi connectivity index (χ3v) is 6.33. The highest BCUT2D eigenvalue weighted by Gasteiger charge is 2.34. The van der Waals surface area contributed by atoms with Crippen LogP contribution in [0.25, 0.3) is 0 Å². The molecule has 15 heteroatoms. The lowest BCUT2D eigenvalue weighted by Crippen LogP contribution is -2.17. The lowest BCUT2D eigenvalue weighted by atomic mass is 10.0. The lowest BCUT2D eigenvalue weighted by molar-refractivity contribution is -0.274. The van der Waals surface area contributed by atoms with Gasteiger partial charge in [0.1, 0.15) is 19.0 Å². The molecule has 2 aromatic carbocycles. The third kappa shape index (κ3) is 9.57. The molecular formula is C24H24Cl2F6N4O3. The number of hydrogen-bond donors (Lipinski definition) is 2. The van der Waals surface area contributed by atoms with E-state index in [1.807, 2.05) is 0 Å². The second kappa shape index (κ2) is 12.9. The maximum Gasteiger partial charge on any atom is 0.573 e. The summed E-state index contributed by atoms with van der Waals surface area (Å²) in [5.74, 6) is -0.408. The Balaban J connectivity index is 0.000000216. The Kier molecular flexibility index (Phi) is 10.1. The summed E-state index contributed by atoms with van der Waals surface area (Å²) in [6, 6.07) is 8.25. The number of alkyl halides is 6. The molecule has 0 saturated heterocycles. The van der Waals surface area contributed by atoms with Gasteiger partial charge in [0.2, 0.25) is 0 Å². The molecule has 214 valence electrons. The molecule has 0 aromatic heterocycles. The number of nitrogens with two attached hydrogens (primary N) is 2. The number of aryl methyl sites for hydroxylation is 2. The first kappa shape index (κ1) is 30.5. The van der Waals surface area contributed by atoms with Gasteiger partial charge in [-0.1, -0.05) is 41.4 Å². The van der Waals surface area contributed by atoms with Crippen molar-refractivity contribution in [1.29, 1.82) is 0 Å². The van der Waals surface area contributed by atoms with Crippen LogP contribution >= 0.6 is 23.2 Å². The fourth-order valence-electron chi connectivity index (χ4n) is 3.72. The molecule has 39 heavy (non-hydrogen) atoms. The van der Waals surface area contributed by atoms with E-state index in [1.165, 1.54) is 24.3 Å². The van der Waals surface area contributed by atoms with Crippen molar-refractivity contribution in [3.63, 3.8) is 0 Å². The Morgan fingerprint density at radius 3 is 1.95 bits per heavy atom. The smallest absolute Gasteiger partial charge is 0.463 e. The minimum absolute atomic E-state index is 0.0279. The van der Waals surface area contributed by atoms with E-state index in [0.717, 1.165) is 11.6 Å². The van der Waals surface area contributed by atoms with Gasteiger partial charge < -0.3 is 25.7 Å². The maximum atomic E-state index is 12.7. The first-order valence-corrected chi connectivity index (χ1v) is 12.3. The molecule has 0 radical (unpaired) electrons. The van der Waals surface area contributed by atoms with Gasteiger partial charge in [-0.25, -0.2) is 9.98 Å². The summed E-state index contributed by atoms with van der Waals surface area (Å²) in [6.07, 6.45) is -6.96. The topological polar surface area (TPSA) is 104 Å². The van der Waals surface area contributed by atoms with Gasteiger partial charge in [0.15, 0.2) is 0 Å². The predicted octanol–water partition coefficient (Wildman–Crippen LogP) is 5.89. The molecule has 7 nitrogen and oxygen atoms in total. The Bertz CT molecular complexity index is 1210. The molecule has 0 aliphatic carbocycles. The fraction of sp³-hybridized carbons (Fsp3) is 0.417. The minimum atomic E-state index is -4.75. The molecule has 0 fully saturated rings. The predicted molar refractivity (Wildman–Crippen MR) is 134 cm³/mol. The van der Waals surface area contributed by atoms with Crippen LogP contribution in [0.1, 0.15) is 29.5 Å². The minimum Gasteiger partial charge on any atom is -0.463 e. The second-order valence-electron chi connectivity index (χ2n) is 8.53. The maximum absolute atomic E-state index is 12.7. The third-order valence-electron chi connectivity index (χ3n) is 5.59. The van der Waals surface area contributed by atoms with Gasteiger partial charge in [0.25, 0.3) is 12.0 Å². The van der Waals surface area contributed by atoms with Crippen LogP contribution in [0.3, 0.4) is 0 Å². The largest absolute Gasteiger partial charge is 0.573 e. The molecule has 2 atom stereocenters. The molecule has 0 bridgehead atoms. The van der Waals surface area contributed by atoms with Crippen molar-refractivity contribution in [2.75, 3.05) is 13.2 Å². The van der Waals surface area contributed by atoms with E-state index in [1.54, 1.807) is 6.07 Å². The van der Waals surface area contributed by atoms with E-state index < -0.39 is 23.9 Å². The highest BCUT2D eigenvalue weighted by atomic mass is 35.5. The molecule has 0 amide bonds. The first-order valence-electron chi connectivity index (χ1n) is 11.5. The zero-order chi connectivity index (χ0) is 28.8. The molecule has 2 heterocycles. The zero-order valence-corrected chi connectivity index (χ0v) is 21.7. The Morgan fingerprint density at radius 1 is 0.872 bits per heavy atom. The number of benzene rings is 2. The number of halogens is 8. The van der Waals surface area contributed by atoms with Gasteiger partial charge in [-0.2, -0.15) is 13.2 Å². The summed E-state index contributed by atoms with van der Waals surface area (Å²) in [4.78, 5) is 8.07. The Morgan fingerprint density at radius 2 is 1.46 bits per heavy atom. The van der Waals surface area contributed by atoms with Crippen LogP contribution in [0.4, 0.5) is 26.3 Å². The summed E-state index contributed by atoms with van der Waals surface area (Å²) in [5, 5.41) is -0.323. The number of amidine groups is 2. The molecule has 2 aromatic rings. The lowest BCUT2D eigenvalue weighted by Gasteiger charge is -2.12. The first-order chi connectivity index (χ1) is 18.2. The average Bonchev–Trinajstić information content (AvgIpc) is 3.45. The number of rotatable bonds is 7. The van der Waals surface area contributed by atoms with E-state index in [4.69, 9.17) is 44.1 Å². The fourth-order valence-corrected chi connectivity index (χ4v) is 4.29. The molecule has 2 aliphatic heterocycles. The van der Waals surface area contributed by atoms with E-state index in [9.17, 15) is 26.3 Å². The quantitative estimate of drug-likeness (QED) is 0.386. The number of ether oxygens (including phenoxy) is 3. The van der Waals surface area contributed by atoms with Crippen LogP contribution in [0.5, 0.6) is 5.75 Å². The molecular weight excluding hydrogens is 577 g/mol. The Labute approximate surface area is 229 Å². The summed E-state index contributed by atoms with van der Waals surface area (Å²) in [7, 11) is 0. The summed E-state index contributed by atoms with van der Waals surface area (Å²) < 4.78 is 88.1. The van der Waals surface area contributed by atoms with Crippen LogP contribution in [0, 0.1) is 0 Å². The summed E-state index contributed by atoms with van der Waals surface area (Å²) in [5.41, 5.74) is 11.2. The van der Waals surface area contributed by atoms with Gasteiger partial charge >= 0.3 is 12.5 Å². The van der Waals surface area contributed by atoms with Gasteiger partial charge in [-0.15, -0.1) is 13.2 Å². The molecule has 0 saturated carbocycles. The standard InChI is InChI=1S/C12H12ClF3N2O2.C12H12ClF3N2O/c13-9-5-7(1-3-8-6-19-11(17)18-8)2-4-10(9)20-12(14,15)16;13-10-7(2-1-3-9(10)12(14,15)16)4-5-8-6-19-11(17)18-8/h2,4-5,8H,1,3,6H2,(H2,17,18);1-3,8H,4-6H2,(H2,17,18)/t2*8-/m00/s1. The number of hydrogen-bond acceptors (Lipinski definition) is 7. The summed E-state index contributed by atoms with van der Waals surface area (Å²) >= 11 is 11.6. The van der Waals surface area contributed by atoms with E-state index in [-0.39, 0.29) is 34.2 Å². The van der Waals surface area contributed by atoms with Crippen LogP contribution < -0.4 is 16.2 Å². The van der Waals surface area contributed by atoms with Crippen molar-refractivity contribution in [3.05, 3.63) is 63.1 Å². The van der Waals surface area contributed by atoms with Crippen molar-refractivity contribution in [3.8, 4) is 5.75 Å². The van der Waals surface area contributed by atoms with Crippen molar-refractivity contribution >= 4 is 35.2 Å². The van der Waals surface area contributed by atoms with E-state index in [2.05, 4.69) is 14.7 Å². The molecule has 0 unspecified atom stereocenters. The van der Waals surface area contributed by atoms with Crippen molar-refractivity contribution in [2.45, 2.75) is 50.3 Å². The van der Waals surface area contributed by atoms with E-state index >= 15 is 0 Å². The van der Waals surface area contributed by atoms with Crippen molar-refractivity contribution in [1.82, 2.24) is 0 Å². The highest BCUT2D eigenvalue weighted by Crippen LogP contribution is 2.36. The van der Waals surface area contributed by atoms with Crippen LogP contribution in [-0.2, 0) is 28.5 Å². The van der Waals surface area contributed by atoms with E-state index in [0.29, 0.717) is 44.5 Å². The van der Waals surface area contributed by atoms with Gasteiger partial charge in [-0.3, -0.25) is 0 Å². The highest BCUT2D eigenvalue weighted by molar-refractivity contribution is 6.32. The number of aliphatic imine (C=N–C) groups is 2. The molecule has 4 N–H and O–H groups in total. The second-order valence-corrected chi connectivity index (χ2v) is 9.32. The zero-order valence-electron chi connectivity index (χ0n) is 20.2. The molecule has 2 aliphatic rings. The van der Waals surface area contributed by atoms with Crippen molar-refractivity contribution in [2.24, 2.45) is 21.5 Å². The van der Waals surface area contributed by atoms with Gasteiger partial charge in [0, 0.05) is 0 Å². The van der Waals surface area contributed by atoms with Crippen molar-refractivity contribution < 1.29 is 40.6 Å². The molecule has 0 spiro atoms.